The number of fused-ring (bicyclic) bond motifs is 2. The van der Waals surface area contributed by atoms with Crippen LogP contribution in [-0.2, 0) is 0 Å². The first-order chi connectivity index (χ1) is 15.0. The topological polar surface area (TPSA) is 117 Å². The van der Waals surface area contributed by atoms with Crippen molar-refractivity contribution in [1.82, 2.24) is 9.38 Å². The van der Waals surface area contributed by atoms with E-state index in [0.29, 0.717) is 11.1 Å². The van der Waals surface area contributed by atoms with Crippen LogP contribution in [-0.4, -0.2) is 25.5 Å². The van der Waals surface area contributed by atoms with Crippen molar-refractivity contribution in [2.75, 3.05) is 5.32 Å². The van der Waals surface area contributed by atoms with E-state index in [1.54, 1.807) is 18.2 Å². The molecule has 0 saturated heterocycles. The predicted molar refractivity (Wildman–Crippen MR) is 114 cm³/mol. The number of amides is 1. The molecule has 8 heteroatoms. The van der Waals surface area contributed by atoms with Gasteiger partial charge in [-0.15, -0.1) is 0 Å². The van der Waals surface area contributed by atoms with Gasteiger partial charge in [-0.25, -0.2) is 9.78 Å². The van der Waals surface area contributed by atoms with E-state index in [9.17, 15) is 19.8 Å². The van der Waals surface area contributed by atoms with Gasteiger partial charge in [0.15, 0.2) is 11.3 Å². The van der Waals surface area contributed by atoms with E-state index in [1.165, 1.54) is 18.2 Å². The summed E-state index contributed by atoms with van der Waals surface area (Å²) in [7, 11) is 0. The van der Waals surface area contributed by atoms with Gasteiger partial charge in [0.25, 0.3) is 5.91 Å². The van der Waals surface area contributed by atoms with E-state index < -0.39 is 23.0 Å². The van der Waals surface area contributed by atoms with Crippen LogP contribution < -0.4 is 10.9 Å². The van der Waals surface area contributed by atoms with Crippen LogP contribution in [0.2, 0.25) is 0 Å². The third-order valence-corrected chi connectivity index (χ3v) is 4.88. The Balaban J connectivity index is 1.47. The Bertz CT molecular complexity index is 1500. The fourth-order valence-electron chi connectivity index (χ4n) is 3.35. The van der Waals surface area contributed by atoms with Crippen molar-refractivity contribution in [3.8, 4) is 22.8 Å². The van der Waals surface area contributed by atoms with Crippen molar-refractivity contribution in [3.05, 3.63) is 89.0 Å². The van der Waals surface area contributed by atoms with Crippen LogP contribution in [0.1, 0.15) is 10.4 Å². The Morgan fingerprint density at radius 3 is 2.74 bits per heavy atom. The molecule has 2 aromatic carbocycles. The standard InChI is InChI=1S/C23H15N3O5/c27-18-8-7-14-11-16(23(30)31-21(14)20(18)28)22(29)24-15-5-3-4-13(10-15)17-12-26-9-2-1-6-19(26)25-17/h1-12,27-28H,(H,24,29). The molecule has 0 aliphatic heterocycles. The Labute approximate surface area is 174 Å². The quantitative estimate of drug-likeness (QED) is 0.306. The van der Waals surface area contributed by atoms with Gasteiger partial charge in [-0.05, 0) is 42.5 Å². The summed E-state index contributed by atoms with van der Waals surface area (Å²) in [6.07, 6.45) is 3.78. The number of aromatic nitrogens is 2. The number of nitrogens with zero attached hydrogens (tertiary/aromatic N) is 2. The van der Waals surface area contributed by atoms with E-state index in [4.69, 9.17) is 4.42 Å². The Hall–Kier alpha value is -4.59. The number of pyridine rings is 1. The first kappa shape index (κ1) is 18.4. The number of hydrogen-bond acceptors (Lipinski definition) is 6. The summed E-state index contributed by atoms with van der Waals surface area (Å²) >= 11 is 0. The maximum Gasteiger partial charge on any atom is 0.349 e. The lowest BCUT2D eigenvalue weighted by Crippen LogP contribution is -2.20. The molecule has 5 rings (SSSR count). The van der Waals surface area contributed by atoms with Crippen LogP contribution in [0.5, 0.6) is 11.5 Å². The van der Waals surface area contributed by atoms with E-state index in [2.05, 4.69) is 10.3 Å². The van der Waals surface area contributed by atoms with Gasteiger partial charge in [0, 0.05) is 29.0 Å². The third-order valence-electron chi connectivity index (χ3n) is 4.88. The summed E-state index contributed by atoms with van der Waals surface area (Å²) in [5.41, 5.74) is 1.48. The molecule has 31 heavy (non-hydrogen) atoms. The minimum atomic E-state index is -0.928. The lowest BCUT2D eigenvalue weighted by Gasteiger charge is -2.07. The SMILES string of the molecule is O=C(Nc1cccc(-c2cn3ccccc3n2)c1)c1cc2ccc(O)c(O)c2oc1=O. The Kier molecular flexibility index (Phi) is 4.18. The fourth-order valence-corrected chi connectivity index (χ4v) is 3.35. The average Bonchev–Trinajstić information content (AvgIpc) is 3.21. The molecule has 0 bridgehead atoms. The molecule has 3 N–H and O–H groups in total. The smallest absolute Gasteiger partial charge is 0.349 e. The van der Waals surface area contributed by atoms with Gasteiger partial charge in [-0.1, -0.05) is 18.2 Å². The monoisotopic (exact) mass is 413 g/mol. The van der Waals surface area contributed by atoms with E-state index >= 15 is 0 Å². The molecule has 3 heterocycles. The number of rotatable bonds is 3. The summed E-state index contributed by atoms with van der Waals surface area (Å²) < 4.78 is 6.95. The van der Waals surface area contributed by atoms with Crippen molar-refractivity contribution in [2.24, 2.45) is 0 Å². The van der Waals surface area contributed by atoms with E-state index in [0.717, 1.165) is 16.9 Å². The molecule has 0 radical (unpaired) electrons. The van der Waals surface area contributed by atoms with Crippen molar-refractivity contribution < 1.29 is 19.4 Å². The highest BCUT2D eigenvalue weighted by Gasteiger charge is 2.17. The highest BCUT2D eigenvalue weighted by atomic mass is 16.4. The lowest BCUT2D eigenvalue weighted by molar-refractivity contribution is 0.102. The number of imidazole rings is 1. The van der Waals surface area contributed by atoms with Crippen LogP contribution in [0.4, 0.5) is 5.69 Å². The molecular weight excluding hydrogens is 398 g/mol. The number of phenolic OH excluding ortho intramolecular Hbond substituents is 2. The largest absolute Gasteiger partial charge is 0.504 e. The predicted octanol–water partition coefficient (Wildman–Crippen LogP) is 3.77. The van der Waals surface area contributed by atoms with E-state index in [1.807, 2.05) is 41.1 Å². The number of phenols is 2. The number of anilines is 1. The van der Waals surface area contributed by atoms with Crippen molar-refractivity contribution in [1.29, 1.82) is 0 Å². The lowest BCUT2D eigenvalue weighted by atomic mass is 10.1. The maximum absolute atomic E-state index is 12.7. The van der Waals surface area contributed by atoms with Crippen LogP contribution >= 0.6 is 0 Å². The number of carbonyl (C=O) groups excluding carboxylic acids is 1. The molecule has 0 fully saturated rings. The molecule has 0 atom stereocenters. The van der Waals surface area contributed by atoms with Crippen LogP contribution in [0, 0.1) is 0 Å². The van der Waals surface area contributed by atoms with Crippen molar-refractivity contribution in [3.63, 3.8) is 0 Å². The molecule has 0 aliphatic rings. The molecule has 0 unspecified atom stereocenters. The minimum Gasteiger partial charge on any atom is -0.504 e. The molecule has 8 nitrogen and oxygen atoms in total. The summed E-state index contributed by atoms with van der Waals surface area (Å²) in [6, 6.07) is 16.8. The van der Waals surface area contributed by atoms with Gasteiger partial charge >= 0.3 is 5.63 Å². The number of hydrogen-bond donors (Lipinski definition) is 3. The van der Waals surface area contributed by atoms with Crippen molar-refractivity contribution in [2.45, 2.75) is 0 Å². The van der Waals surface area contributed by atoms with Crippen LogP contribution in [0.3, 0.4) is 0 Å². The molecule has 0 saturated carbocycles. The molecule has 1 amide bonds. The summed E-state index contributed by atoms with van der Waals surface area (Å²) in [4.78, 5) is 29.6. The van der Waals surface area contributed by atoms with Crippen molar-refractivity contribution >= 4 is 28.2 Å². The van der Waals surface area contributed by atoms with Gasteiger partial charge in [0.1, 0.15) is 11.2 Å². The summed E-state index contributed by atoms with van der Waals surface area (Å²) in [6.45, 7) is 0. The average molecular weight is 413 g/mol. The number of carbonyl (C=O) groups is 1. The molecule has 5 aromatic rings. The maximum atomic E-state index is 12.7. The molecule has 152 valence electrons. The highest BCUT2D eigenvalue weighted by molar-refractivity contribution is 6.06. The molecule has 0 spiro atoms. The second-order valence-corrected chi connectivity index (χ2v) is 6.93. The highest BCUT2D eigenvalue weighted by Crippen LogP contribution is 2.33. The normalized spacial score (nSPS) is 11.1. The second kappa shape index (κ2) is 7.03. The molecule has 0 aliphatic carbocycles. The molecular formula is C23H15N3O5. The van der Waals surface area contributed by atoms with Gasteiger partial charge in [-0.2, -0.15) is 0 Å². The van der Waals surface area contributed by atoms with Gasteiger partial charge in [0.05, 0.1) is 5.69 Å². The zero-order valence-electron chi connectivity index (χ0n) is 15.9. The summed E-state index contributed by atoms with van der Waals surface area (Å²) in [5, 5.41) is 22.4. The number of benzene rings is 2. The van der Waals surface area contributed by atoms with Gasteiger partial charge < -0.3 is 24.3 Å². The zero-order valence-corrected chi connectivity index (χ0v) is 15.9. The first-order valence-corrected chi connectivity index (χ1v) is 9.34. The minimum absolute atomic E-state index is 0.185. The second-order valence-electron chi connectivity index (χ2n) is 6.93. The zero-order chi connectivity index (χ0) is 21.5. The first-order valence-electron chi connectivity index (χ1n) is 9.34. The van der Waals surface area contributed by atoms with Gasteiger partial charge in [-0.3, -0.25) is 4.79 Å². The Morgan fingerprint density at radius 1 is 1.03 bits per heavy atom. The van der Waals surface area contributed by atoms with Crippen LogP contribution in [0.15, 0.2) is 82.3 Å². The number of nitrogens with one attached hydrogen (secondary N) is 1. The number of aromatic hydroxyl groups is 2. The Morgan fingerprint density at radius 2 is 1.90 bits per heavy atom. The van der Waals surface area contributed by atoms with Crippen LogP contribution in [0.25, 0.3) is 27.9 Å². The summed E-state index contributed by atoms with van der Waals surface area (Å²) in [5.74, 6) is -1.63. The third kappa shape index (κ3) is 3.25. The fraction of sp³-hybridized carbons (Fsp3) is 0. The van der Waals surface area contributed by atoms with E-state index in [-0.39, 0.29) is 11.1 Å². The molecule has 3 aromatic heterocycles. The van der Waals surface area contributed by atoms with Gasteiger partial charge in [0.2, 0.25) is 5.75 Å².